The van der Waals surface area contributed by atoms with E-state index in [1.807, 2.05) is 18.2 Å². The van der Waals surface area contributed by atoms with Crippen molar-refractivity contribution in [1.82, 2.24) is 4.98 Å². The predicted octanol–water partition coefficient (Wildman–Crippen LogP) is 5.44. The van der Waals surface area contributed by atoms with Gasteiger partial charge in [0.05, 0.1) is 16.4 Å². The topological polar surface area (TPSA) is 59.2 Å². The van der Waals surface area contributed by atoms with Crippen LogP contribution in [0.5, 0.6) is 5.75 Å². The van der Waals surface area contributed by atoms with E-state index in [-0.39, 0.29) is 9.79 Å². The standard InChI is InChI=1S/C25H23NO3S/c1-19-21(18-25(26-19)20-8-4-2-5-9-20)16-17-29-22-12-14-24(15-13-22)30(27,28)23-10-6-3-7-11-23/h2-15,18,26H,16-17H2,1H3. The molecule has 0 unspecified atom stereocenters. The molecule has 0 aliphatic rings. The molecule has 4 aromatic rings. The lowest BCUT2D eigenvalue weighted by Crippen LogP contribution is -2.03. The molecule has 0 spiro atoms. The number of H-pyrrole nitrogens is 1. The minimum Gasteiger partial charge on any atom is -0.493 e. The van der Waals surface area contributed by atoms with Gasteiger partial charge in [0, 0.05) is 17.8 Å². The highest BCUT2D eigenvalue weighted by Gasteiger charge is 2.17. The summed E-state index contributed by atoms with van der Waals surface area (Å²) in [5.41, 5.74) is 4.58. The van der Waals surface area contributed by atoms with Crippen molar-refractivity contribution < 1.29 is 13.2 Å². The van der Waals surface area contributed by atoms with Crippen molar-refractivity contribution in [3.63, 3.8) is 0 Å². The smallest absolute Gasteiger partial charge is 0.206 e. The summed E-state index contributed by atoms with van der Waals surface area (Å²) in [6.07, 6.45) is 0.763. The number of benzene rings is 3. The zero-order valence-electron chi connectivity index (χ0n) is 16.7. The van der Waals surface area contributed by atoms with Crippen LogP contribution < -0.4 is 4.74 Å². The Balaban J connectivity index is 1.39. The number of sulfone groups is 1. The quantitative estimate of drug-likeness (QED) is 0.435. The molecule has 4 nitrogen and oxygen atoms in total. The van der Waals surface area contributed by atoms with Crippen LogP contribution in [0.25, 0.3) is 11.3 Å². The predicted molar refractivity (Wildman–Crippen MR) is 119 cm³/mol. The number of ether oxygens (including phenoxy) is 1. The molecule has 1 heterocycles. The van der Waals surface area contributed by atoms with Crippen LogP contribution in [0.1, 0.15) is 11.3 Å². The first-order valence-electron chi connectivity index (χ1n) is 9.81. The molecular weight excluding hydrogens is 394 g/mol. The fraction of sp³-hybridized carbons (Fsp3) is 0.120. The van der Waals surface area contributed by atoms with Gasteiger partial charge in [0.15, 0.2) is 0 Å². The number of aromatic amines is 1. The highest BCUT2D eigenvalue weighted by molar-refractivity contribution is 7.91. The summed E-state index contributed by atoms with van der Waals surface area (Å²) in [7, 11) is -3.51. The third kappa shape index (κ3) is 4.31. The summed E-state index contributed by atoms with van der Waals surface area (Å²) in [5, 5.41) is 0. The van der Waals surface area contributed by atoms with Gasteiger partial charge in [-0.1, -0.05) is 48.5 Å². The Labute approximate surface area is 177 Å². The molecule has 5 heteroatoms. The van der Waals surface area contributed by atoms with Crippen molar-refractivity contribution >= 4 is 9.84 Å². The molecule has 0 atom stereocenters. The molecule has 0 aliphatic carbocycles. The van der Waals surface area contributed by atoms with Gasteiger partial charge in [-0.05, 0) is 60.5 Å². The van der Waals surface area contributed by atoms with Crippen molar-refractivity contribution in [2.24, 2.45) is 0 Å². The lowest BCUT2D eigenvalue weighted by atomic mass is 10.1. The Kier molecular flexibility index (Phi) is 5.72. The van der Waals surface area contributed by atoms with E-state index >= 15 is 0 Å². The Morgan fingerprint density at radius 3 is 2.07 bits per heavy atom. The summed E-state index contributed by atoms with van der Waals surface area (Å²) in [6.45, 7) is 2.57. The zero-order valence-corrected chi connectivity index (χ0v) is 17.5. The summed E-state index contributed by atoms with van der Waals surface area (Å²) >= 11 is 0. The number of nitrogens with one attached hydrogen (secondary N) is 1. The third-order valence-electron chi connectivity index (χ3n) is 5.03. The monoisotopic (exact) mass is 417 g/mol. The molecule has 1 aromatic heterocycles. The average molecular weight is 418 g/mol. The van der Waals surface area contributed by atoms with Crippen molar-refractivity contribution in [1.29, 1.82) is 0 Å². The maximum atomic E-state index is 12.7. The van der Waals surface area contributed by atoms with Crippen LogP contribution in [0.2, 0.25) is 0 Å². The van der Waals surface area contributed by atoms with E-state index in [2.05, 4.69) is 30.1 Å². The highest BCUT2D eigenvalue weighted by Crippen LogP contribution is 2.24. The summed E-state index contributed by atoms with van der Waals surface area (Å²) < 4.78 is 31.2. The molecule has 0 bridgehead atoms. The Bertz CT molecular complexity index is 1210. The van der Waals surface area contributed by atoms with E-state index in [0.29, 0.717) is 12.4 Å². The second-order valence-corrected chi connectivity index (χ2v) is 9.04. The van der Waals surface area contributed by atoms with Crippen LogP contribution >= 0.6 is 0 Å². The van der Waals surface area contributed by atoms with E-state index in [4.69, 9.17) is 4.74 Å². The minimum atomic E-state index is -3.51. The molecule has 0 radical (unpaired) electrons. The van der Waals surface area contributed by atoms with Crippen molar-refractivity contribution in [3.8, 4) is 17.0 Å². The van der Waals surface area contributed by atoms with Crippen LogP contribution in [-0.2, 0) is 16.3 Å². The van der Waals surface area contributed by atoms with E-state index in [9.17, 15) is 8.42 Å². The molecule has 0 fully saturated rings. The zero-order chi connectivity index (χ0) is 21.0. The maximum Gasteiger partial charge on any atom is 0.206 e. The van der Waals surface area contributed by atoms with Crippen molar-refractivity contribution in [3.05, 3.63) is 102 Å². The van der Waals surface area contributed by atoms with Gasteiger partial charge in [-0.2, -0.15) is 0 Å². The molecule has 0 amide bonds. The van der Waals surface area contributed by atoms with Crippen LogP contribution in [0.4, 0.5) is 0 Å². The van der Waals surface area contributed by atoms with Gasteiger partial charge in [0.2, 0.25) is 9.84 Å². The Morgan fingerprint density at radius 2 is 1.40 bits per heavy atom. The number of hydrogen-bond donors (Lipinski definition) is 1. The summed E-state index contributed by atoms with van der Waals surface area (Å²) in [6, 6.07) is 27.4. The third-order valence-corrected chi connectivity index (χ3v) is 6.82. The van der Waals surface area contributed by atoms with Gasteiger partial charge >= 0.3 is 0 Å². The molecule has 152 valence electrons. The molecule has 0 saturated carbocycles. The Hall–Kier alpha value is -3.31. The van der Waals surface area contributed by atoms with Crippen molar-refractivity contribution in [2.45, 2.75) is 23.1 Å². The lowest BCUT2D eigenvalue weighted by Gasteiger charge is -2.08. The van der Waals surface area contributed by atoms with Crippen LogP contribution in [0.3, 0.4) is 0 Å². The molecule has 30 heavy (non-hydrogen) atoms. The summed E-state index contributed by atoms with van der Waals surface area (Å²) in [4.78, 5) is 3.97. The molecular formula is C25H23NO3S. The van der Waals surface area contributed by atoms with E-state index in [0.717, 1.165) is 23.4 Å². The first-order valence-corrected chi connectivity index (χ1v) is 11.3. The number of aryl methyl sites for hydroxylation is 1. The number of hydrogen-bond acceptors (Lipinski definition) is 3. The normalized spacial score (nSPS) is 11.4. The van der Waals surface area contributed by atoms with Gasteiger partial charge in [-0.3, -0.25) is 0 Å². The van der Waals surface area contributed by atoms with Crippen LogP contribution in [0, 0.1) is 6.92 Å². The lowest BCUT2D eigenvalue weighted by molar-refractivity contribution is 0.321. The first kappa shape index (κ1) is 20.0. The number of aromatic nitrogens is 1. The molecule has 0 aliphatic heterocycles. The largest absolute Gasteiger partial charge is 0.493 e. The van der Waals surface area contributed by atoms with Crippen molar-refractivity contribution in [2.75, 3.05) is 6.61 Å². The van der Waals surface area contributed by atoms with Gasteiger partial charge in [-0.15, -0.1) is 0 Å². The van der Waals surface area contributed by atoms with E-state index in [1.165, 1.54) is 5.56 Å². The second kappa shape index (κ2) is 8.59. The fourth-order valence-electron chi connectivity index (χ4n) is 3.36. The fourth-order valence-corrected chi connectivity index (χ4v) is 4.65. The minimum absolute atomic E-state index is 0.259. The molecule has 3 aromatic carbocycles. The van der Waals surface area contributed by atoms with Gasteiger partial charge in [0.1, 0.15) is 5.75 Å². The Morgan fingerprint density at radius 1 is 0.800 bits per heavy atom. The number of rotatable bonds is 7. The molecule has 1 N–H and O–H groups in total. The summed E-state index contributed by atoms with van der Waals surface area (Å²) in [5.74, 6) is 0.651. The van der Waals surface area contributed by atoms with E-state index in [1.54, 1.807) is 54.6 Å². The van der Waals surface area contributed by atoms with Crippen LogP contribution in [-0.4, -0.2) is 20.0 Å². The van der Waals surface area contributed by atoms with Crippen LogP contribution in [0.15, 0.2) is 101 Å². The first-order chi connectivity index (χ1) is 14.5. The maximum absolute atomic E-state index is 12.7. The molecule has 4 rings (SSSR count). The van der Waals surface area contributed by atoms with Gasteiger partial charge in [0.25, 0.3) is 0 Å². The van der Waals surface area contributed by atoms with Gasteiger partial charge in [-0.25, -0.2) is 8.42 Å². The second-order valence-electron chi connectivity index (χ2n) is 7.09. The molecule has 0 saturated heterocycles. The van der Waals surface area contributed by atoms with Gasteiger partial charge < -0.3 is 9.72 Å². The highest BCUT2D eigenvalue weighted by atomic mass is 32.2. The average Bonchev–Trinajstić information content (AvgIpc) is 3.16. The van der Waals surface area contributed by atoms with E-state index < -0.39 is 9.84 Å². The SMILES string of the molecule is Cc1[nH]c(-c2ccccc2)cc1CCOc1ccc(S(=O)(=O)c2ccccc2)cc1.